The summed E-state index contributed by atoms with van der Waals surface area (Å²) in [6, 6.07) is 11.1. The Hall–Kier alpha value is -4.25. The van der Waals surface area contributed by atoms with E-state index in [1.165, 1.54) is 30.6 Å². The topological polar surface area (TPSA) is 115 Å². The number of hydrogen-bond acceptors (Lipinski definition) is 8. The van der Waals surface area contributed by atoms with Gasteiger partial charge in [0.25, 0.3) is 0 Å². The van der Waals surface area contributed by atoms with Crippen LogP contribution in [-0.2, 0) is 33.8 Å². The minimum atomic E-state index is -0.978. The molecule has 0 bridgehead atoms. The van der Waals surface area contributed by atoms with Crippen LogP contribution in [0, 0.1) is 5.82 Å². The van der Waals surface area contributed by atoms with Gasteiger partial charge in [-0.15, -0.1) is 11.3 Å². The number of ether oxygens (including phenoxy) is 3. The number of carbonyl (C=O) groups excluding carboxylic acids is 3. The van der Waals surface area contributed by atoms with Crippen molar-refractivity contribution in [1.29, 1.82) is 0 Å². The van der Waals surface area contributed by atoms with Gasteiger partial charge in [0.1, 0.15) is 17.4 Å². The van der Waals surface area contributed by atoms with Crippen molar-refractivity contribution in [3.63, 3.8) is 0 Å². The van der Waals surface area contributed by atoms with Gasteiger partial charge in [0, 0.05) is 10.4 Å². The molecule has 4 rings (SSSR count). The fourth-order valence-electron chi connectivity index (χ4n) is 4.41. The summed E-state index contributed by atoms with van der Waals surface area (Å²) < 4.78 is 29.6. The maximum absolute atomic E-state index is 13.1. The average molecular weight is 582 g/mol. The molecule has 0 saturated heterocycles. The Bertz CT molecular complexity index is 1450. The zero-order chi connectivity index (χ0) is 29.4. The molecule has 1 aliphatic rings. The quantitative estimate of drug-likeness (QED) is 0.115. The van der Waals surface area contributed by atoms with Crippen molar-refractivity contribution in [2.24, 2.45) is 5.10 Å². The number of methoxy groups -OCH3 is 1. The number of anilines is 1. The largest absolute Gasteiger partial charge is 0.493 e. The minimum absolute atomic E-state index is 0.206. The average Bonchev–Trinajstić information content (AvgIpc) is 3.15. The lowest BCUT2D eigenvalue weighted by Gasteiger charge is -2.12. The molecule has 0 radical (unpaired) electrons. The van der Waals surface area contributed by atoms with E-state index in [9.17, 15) is 18.8 Å². The second-order valence-electron chi connectivity index (χ2n) is 9.36. The summed E-state index contributed by atoms with van der Waals surface area (Å²) in [5, 5.41) is 6.97. The Balaban J connectivity index is 1.42. The van der Waals surface area contributed by atoms with Crippen LogP contribution in [0.25, 0.3) is 0 Å². The van der Waals surface area contributed by atoms with Gasteiger partial charge in [0.2, 0.25) is 0 Å². The van der Waals surface area contributed by atoms with Crippen LogP contribution in [0.3, 0.4) is 0 Å². The first-order valence-electron chi connectivity index (χ1n) is 13.3. The number of fused-ring (bicyclic) bond motifs is 1. The van der Waals surface area contributed by atoms with Crippen molar-refractivity contribution in [3.05, 3.63) is 75.4 Å². The van der Waals surface area contributed by atoms with E-state index in [1.54, 1.807) is 44.2 Å². The number of thiophene rings is 1. The van der Waals surface area contributed by atoms with Crippen LogP contribution in [0.5, 0.6) is 11.5 Å². The highest BCUT2D eigenvalue weighted by Gasteiger charge is 2.28. The zero-order valence-electron chi connectivity index (χ0n) is 23.2. The molecule has 216 valence electrons. The third kappa shape index (κ3) is 7.49. The number of hydrogen-bond donors (Lipinski definition) is 2. The molecule has 3 aromatic rings. The second kappa shape index (κ2) is 13.9. The standard InChI is InChI=1S/C30H32FN3O6S/c1-4-39-30(37)26-22-8-6-5-7-9-25(22)41-29(26)32-27(35)28(36)34-33-18(2)20-12-15-23(24(16-20)38-3)40-17-19-10-13-21(31)14-11-19/h10-16H,4-9,17H2,1-3H3,(H,32,35)(H,34,36). The molecule has 0 aliphatic heterocycles. The zero-order valence-corrected chi connectivity index (χ0v) is 24.0. The molecular weight excluding hydrogens is 549 g/mol. The van der Waals surface area contributed by atoms with Gasteiger partial charge in [-0.3, -0.25) is 9.59 Å². The maximum atomic E-state index is 13.1. The smallest absolute Gasteiger partial charge is 0.341 e. The third-order valence-electron chi connectivity index (χ3n) is 6.55. The molecular formula is C30H32FN3O6S. The number of halogens is 1. The molecule has 9 nitrogen and oxygen atoms in total. The first kappa shape index (κ1) is 29.7. The molecule has 1 heterocycles. The first-order valence-corrected chi connectivity index (χ1v) is 14.1. The van der Waals surface area contributed by atoms with Gasteiger partial charge in [-0.25, -0.2) is 14.6 Å². The molecule has 0 unspecified atom stereocenters. The van der Waals surface area contributed by atoms with Gasteiger partial charge in [-0.05, 0) is 81.0 Å². The van der Waals surface area contributed by atoms with E-state index in [4.69, 9.17) is 14.2 Å². The number of nitrogens with one attached hydrogen (secondary N) is 2. The molecule has 0 spiro atoms. The molecule has 41 heavy (non-hydrogen) atoms. The molecule has 11 heteroatoms. The number of aryl methyl sites for hydroxylation is 1. The fraction of sp³-hybridized carbons (Fsp3) is 0.333. The second-order valence-corrected chi connectivity index (χ2v) is 10.5. The van der Waals surface area contributed by atoms with Crippen LogP contribution in [0.1, 0.15) is 65.0 Å². The van der Waals surface area contributed by atoms with Gasteiger partial charge >= 0.3 is 17.8 Å². The maximum Gasteiger partial charge on any atom is 0.341 e. The summed E-state index contributed by atoms with van der Waals surface area (Å²) in [6.07, 6.45) is 4.57. The first-order chi connectivity index (χ1) is 19.8. The van der Waals surface area contributed by atoms with Crippen LogP contribution < -0.4 is 20.2 Å². The summed E-state index contributed by atoms with van der Waals surface area (Å²) in [5.41, 5.74) is 5.35. The monoisotopic (exact) mass is 581 g/mol. The molecule has 0 fully saturated rings. The van der Waals surface area contributed by atoms with Crippen LogP contribution in [0.15, 0.2) is 47.6 Å². The summed E-state index contributed by atoms with van der Waals surface area (Å²) in [7, 11) is 1.50. The van der Waals surface area contributed by atoms with Crippen LogP contribution in [0.4, 0.5) is 9.39 Å². The number of benzene rings is 2. The Morgan fingerprint density at radius 2 is 1.76 bits per heavy atom. The Morgan fingerprint density at radius 1 is 1.00 bits per heavy atom. The van der Waals surface area contributed by atoms with Crippen molar-refractivity contribution in [2.75, 3.05) is 19.0 Å². The van der Waals surface area contributed by atoms with Crippen molar-refractivity contribution < 1.29 is 33.0 Å². The van der Waals surface area contributed by atoms with E-state index >= 15 is 0 Å². The number of nitrogens with zero attached hydrogens (tertiary/aromatic N) is 1. The highest BCUT2D eigenvalue weighted by molar-refractivity contribution is 7.17. The van der Waals surface area contributed by atoms with Crippen LogP contribution in [0.2, 0.25) is 0 Å². The molecule has 0 saturated carbocycles. The predicted molar refractivity (Wildman–Crippen MR) is 154 cm³/mol. The van der Waals surface area contributed by atoms with Crippen molar-refractivity contribution in [2.45, 2.75) is 52.6 Å². The lowest BCUT2D eigenvalue weighted by Crippen LogP contribution is -2.33. The van der Waals surface area contributed by atoms with E-state index in [0.717, 1.165) is 48.1 Å². The minimum Gasteiger partial charge on any atom is -0.493 e. The van der Waals surface area contributed by atoms with Crippen molar-refractivity contribution in [3.8, 4) is 11.5 Å². The van der Waals surface area contributed by atoms with E-state index < -0.39 is 17.8 Å². The van der Waals surface area contributed by atoms with Gasteiger partial charge < -0.3 is 19.5 Å². The predicted octanol–water partition coefficient (Wildman–Crippen LogP) is 5.40. The lowest BCUT2D eigenvalue weighted by molar-refractivity contribution is -0.136. The van der Waals surface area contributed by atoms with E-state index in [-0.39, 0.29) is 19.0 Å². The SMILES string of the molecule is CCOC(=O)c1c(NC(=O)C(=O)NN=C(C)c2ccc(OCc3ccc(F)cc3)c(OC)c2)sc2c1CCCCC2. The molecule has 2 amide bonds. The third-order valence-corrected chi connectivity index (χ3v) is 7.76. The molecule has 2 aromatic carbocycles. The van der Waals surface area contributed by atoms with Gasteiger partial charge in [-0.1, -0.05) is 18.6 Å². The van der Waals surface area contributed by atoms with Crippen molar-refractivity contribution in [1.82, 2.24) is 5.43 Å². The summed E-state index contributed by atoms with van der Waals surface area (Å²) in [5.74, 6) is -1.83. The van der Waals surface area contributed by atoms with Crippen molar-refractivity contribution >= 4 is 39.8 Å². The Labute approximate surface area is 241 Å². The summed E-state index contributed by atoms with van der Waals surface area (Å²) in [4.78, 5) is 39.1. The fourth-order valence-corrected chi connectivity index (χ4v) is 5.69. The number of carbonyl (C=O) groups is 3. The number of hydrazone groups is 1. The molecule has 0 atom stereocenters. The highest BCUT2D eigenvalue weighted by atomic mass is 32.1. The van der Waals surface area contributed by atoms with Gasteiger partial charge in [0.05, 0.1) is 25.0 Å². The van der Waals surface area contributed by atoms with Crippen LogP contribution >= 0.6 is 11.3 Å². The van der Waals surface area contributed by atoms with Gasteiger partial charge in [-0.2, -0.15) is 5.10 Å². The Kier molecular flexibility index (Phi) is 10.1. The van der Waals surface area contributed by atoms with E-state index in [2.05, 4.69) is 15.8 Å². The lowest BCUT2D eigenvalue weighted by atomic mass is 10.1. The normalized spacial score (nSPS) is 13.0. The van der Waals surface area contributed by atoms with E-state index in [1.807, 2.05) is 0 Å². The number of esters is 1. The number of amides is 2. The van der Waals surface area contributed by atoms with Gasteiger partial charge in [0.15, 0.2) is 11.5 Å². The van der Waals surface area contributed by atoms with E-state index in [0.29, 0.717) is 33.3 Å². The molecule has 1 aromatic heterocycles. The summed E-state index contributed by atoms with van der Waals surface area (Å²) >= 11 is 1.31. The Morgan fingerprint density at radius 3 is 2.49 bits per heavy atom. The molecule has 2 N–H and O–H groups in total. The summed E-state index contributed by atoms with van der Waals surface area (Å²) in [6.45, 7) is 3.82. The molecule has 1 aliphatic carbocycles. The number of rotatable bonds is 9. The highest BCUT2D eigenvalue weighted by Crippen LogP contribution is 2.38. The van der Waals surface area contributed by atoms with Crippen LogP contribution in [-0.4, -0.2) is 37.2 Å².